The van der Waals surface area contributed by atoms with Crippen molar-refractivity contribution in [3.05, 3.63) is 30.3 Å². The lowest BCUT2D eigenvalue weighted by molar-refractivity contribution is -0.284. The van der Waals surface area contributed by atoms with Gasteiger partial charge in [-0.2, -0.15) is 33.7 Å². The Labute approximate surface area is 144 Å². The molecule has 138 valence electrons. The van der Waals surface area contributed by atoms with Gasteiger partial charge in [0.2, 0.25) is 0 Å². The van der Waals surface area contributed by atoms with Crippen molar-refractivity contribution >= 4 is 11.8 Å². The predicted octanol–water partition coefficient (Wildman–Crippen LogP) is 6.34. The van der Waals surface area contributed by atoms with Crippen molar-refractivity contribution in [2.24, 2.45) is 0 Å². The largest absolute Gasteiger partial charge is 0.494 e. The Hall–Kier alpha value is -0.980. The summed E-state index contributed by atoms with van der Waals surface area (Å²) in [5.41, 5.74) is 0. The Morgan fingerprint density at radius 3 is 2.08 bits per heavy atom. The van der Waals surface area contributed by atoms with E-state index in [2.05, 4.69) is 0 Å². The van der Waals surface area contributed by atoms with Crippen LogP contribution in [0.3, 0.4) is 0 Å². The SMILES string of the molecule is FC(F)(F)C(F)(F)CCCSCCCCCCOc1ccccc1. The third-order valence-electron chi connectivity index (χ3n) is 3.39. The van der Waals surface area contributed by atoms with Crippen LogP contribution in [0.1, 0.15) is 38.5 Å². The highest BCUT2D eigenvalue weighted by atomic mass is 32.2. The van der Waals surface area contributed by atoms with E-state index in [1.54, 1.807) is 0 Å². The molecule has 0 amide bonds. The van der Waals surface area contributed by atoms with Crippen LogP contribution in [0, 0.1) is 0 Å². The number of unbranched alkanes of at least 4 members (excludes halogenated alkanes) is 3. The van der Waals surface area contributed by atoms with E-state index < -0.39 is 18.5 Å². The van der Waals surface area contributed by atoms with Gasteiger partial charge in [-0.05, 0) is 42.9 Å². The lowest BCUT2D eigenvalue weighted by Gasteiger charge is -2.19. The third-order valence-corrected chi connectivity index (χ3v) is 4.54. The molecule has 0 fully saturated rings. The molecule has 0 heterocycles. The van der Waals surface area contributed by atoms with Crippen molar-refractivity contribution in [2.75, 3.05) is 18.1 Å². The first kappa shape index (κ1) is 21.1. The molecule has 0 bridgehead atoms. The van der Waals surface area contributed by atoms with Gasteiger partial charge in [0.25, 0.3) is 0 Å². The highest BCUT2D eigenvalue weighted by Crippen LogP contribution is 2.39. The summed E-state index contributed by atoms with van der Waals surface area (Å²) in [5, 5.41) is 0. The molecule has 1 rings (SSSR count). The zero-order chi connectivity index (χ0) is 17.9. The highest BCUT2D eigenvalue weighted by Gasteiger charge is 2.56. The molecule has 0 N–H and O–H groups in total. The summed E-state index contributed by atoms with van der Waals surface area (Å²) >= 11 is 1.43. The number of hydrogen-bond donors (Lipinski definition) is 0. The fourth-order valence-electron chi connectivity index (χ4n) is 2.01. The van der Waals surface area contributed by atoms with Crippen LogP contribution >= 0.6 is 11.8 Å². The average molecular weight is 370 g/mol. The van der Waals surface area contributed by atoms with Gasteiger partial charge in [-0.1, -0.05) is 31.0 Å². The number of benzene rings is 1. The summed E-state index contributed by atoms with van der Waals surface area (Å²) in [6.45, 7) is 0.656. The minimum absolute atomic E-state index is 0.123. The van der Waals surface area contributed by atoms with Gasteiger partial charge in [0, 0.05) is 6.42 Å². The van der Waals surface area contributed by atoms with Crippen molar-refractivity contribution in [3.8, 4) is 5.75 Å². The molecule has 0 radical (unpaired) electrons. The van der Waals surface area contributed by atoms with Crippen LogP contribution in [0.4, 0.5) is 22.0 Å². The Bertz CT molecular complexity index is 436. The Morgan fingerprint density at radius 1 is 0.792 bits per heavy atom. The number of para-hydroxylation sites is 1. The summed E-state index contributed by atoms with van der Waals surface area (Å²) in [6, 6.07) is 9.56. The molecular weight excluding hydrogens is 347 g/mol. The molecule has 24 heavy (non-hydrogen) atoms. The van der Waals surface area contributed by atoms with Crippen LogP contribution in [-0.2, 0) is 0 Å². The Balaban J connectivity index is 1.89. The fourth-order valence-corrected chi connectivity index (χ4v) is 2.97. The molecular formula is C17H23F5OS. The van der Waals surface area contributed by atoms with Gasteiger partial charge < -0.3 is 4.74 Å². The molecule has 0 spiro atoms. The van der Waals surface area contributed by atoms with Crippen LogP contribution in [0.2, 0.25) is 0 Å². The van der Waals surface area contributed by atoms with Crippen LogP contribution in [0.15, 0.2) is 30.3 Å². The topological polar surface area (TPSA) is 9.23 Å². The molecule has 1 aromatic rings. The van der Waals surface area contributed by atoms with Gasteiger partial charge in [0.1, 0.15) is 5.75 Å². The minimum Gasteiger partial charge on any atom is -0.494 e. The van der Waals surface area contributed by atoms with Crippen LogP contribution in [0.5, 0.6) is 5.75 Å². The van der Waals surface area contributed by atoms with Crippen molar-refractivity contribution in [1.82, 2.24) is 0 Å². The number of halogens is 5. The summed E-state index contributed by atoms with van der Waals surface area (Å²) < 4.78 is 66.7. The fraction of sp³-hybridized carbons (Fsp3) is 0.647. The molecule has 0 atom stereocenters. The second-order valence-corrected chi connectivity index (χ2v) is 6.72. The van der Waals surface area contributed by atoms with Gasteiger partial charge in [0.05, 0.1) is 6.61 Å². The van der Waals surface area contributed by atoms with E-state index in [4.69, 9.17) is 4.74 Å². The number of thioether (sulfide) groups is 1. The predicted molar refractivity (Wildman–Crippen MR) is 88.0 cm³/mol. The number of rotatable bonds is 12. The molecule has 0 saturated carbocycles. The molecule has 0 unspecified atom stereocenters. The first-order chi connectivity index (χ1) is 11.3. The van der Waals surface area contributed by atoms with Crippen molar-refractivity contribution in [3.63, 3.8) is 0 Å². The molecule has 1 aromatic carbocycles. The summed E-state index contributed by atoms with van der Waals surface area (Å²) in [6.07, 6.45) is -2.78. The lowest BCUT2D eigenvalue weighted by atomic mass is 10.2. The van der Waals surface area contributed by atoms with E-state index in [0.717, 1.165) is 37.2 Å². The Kier molecular flexibility index (Phi) is 9.48. The van der Waals surface area contributed by atoms with E-state index in [9.17, 15) is 22.0 Å². The number of hydrogen-bond acceptors (Lipinski definition) is 2. The maximum absolute atomic E-state index is 12.7. The summed E-state index contributed by atoms with van der Waals surface area (Å²) in [4.78, 5) is 0. The van der Waals surface area contributed by atoms with Gasteiger partial charge in [-0.3, -0.25) is 0 Å². The maximum atomic E-state index is 12.7. The van der Waals surface area contributed by atoms with Gasteiger partial charge >= 0.3 is 12.1 Å². The molecule has 0 aliphatic heterocycles. The third kappa shape index (κ3) is 8.76. The molecule has 0 saturated heterocycles. The minimum atomic E-state index is -5.43. The molecule has 1 nitrogen and oxygen atoms in total. The second kappa shape index (κ2) is 10.8. The number of ether oxygens (including phenoxy) is 1. The number of alkyl halides is 5. The van der Waals surface area contributed by atoms with Gasteiger partial charge in [-0.15, -0.1) is 0 Å². The van der Waals surface area contributed by atoms with Crippen LogP contribution in [-0.4, -0.2) is 30.2 Å². The molecule has 0 aliphatic carbocycles. The van der Waals surface area contributed by atoms with E-state index >= 15 is 0 Å². The normalized spacial score (nSPS) is 12.4. The van der Waals surface area contributed by atoms with E-state index in [0.29, 0.717) is 12.4 Å². The summed E-state index contributed by atoms with van der Waals surface area (Å²) in [7, 11) is 0. The van der Waals surface area contributed by atoms with E-state index in [1.807, 2.05) is 30.3 Å². The highest BCUT2D eigenvalue weighted by molar-refractivity contribution is 7.99. The monoisotopic (exact) mass is 370 g/mol. The summed E-state index contributed by atoms with van der Waals surface area (Å²) in [5.74, 6) is -2.59. The van der Waals surface area contributed by atoms with Crippen LogP contribution < -0.4 is 4.74 Å². The zero-order valence-corrected chi connectivity index (χ0v) is 14.3. The van der Waals surface area contributed by atoms with E-state index in [1.165, 1.54) is 11.8 Å². The van der Waals surface area contributed by atoms with Crippen molar-refractivity contribution in [1.29, 1.82) is 0 Å². The molecule has 7 heteroatoms. The zero-order valence-electron chi connectivity index (χ0n) is 13.5. The van der Waals surface area contributed by atoms with Crippen LogP contribution in [0.25, 0.3) is 0 Å². The van der Waals surface area contributed by atoms with Crippen molar-refractivity contribution in [2.45, 2.75) is 50.6 Å². The maximum Gasteiger partial charge on any atom is 0.453 e. The first-order valence-electron chi connectivity index (χ1n) is 8.03. The Morgan fingerprint density at radius 2 is 1.42 bits per heavy atom. The van der Waals surface area contributed by atoms with Crippen molar-refractivity contribution < 1.29 is 26.7 Å². The van der Waals surface area contributed by atoms with Gasteiger partial charge in [0.15, 0.2) is 0 Å². The quantitative estimate of drug-likeness (QED) is 0.314. The standard InChI is InChI=1S/C17H23F5OS/c18-16(19,17(20,21)22)11-8-14-24-13-7-2-1-6-12-23-15-9-4-3-5-10-15/h3-5,9-10H,1-2,6-8,11-14H2. The average Bonchev–Trinajstić information content (AvgIpc) is 2.52. The lowest BCUT2D eigenvalue weighted by Crippen LogP contribution is -2.36. The van der Waals surface area contributed by atoms with E-state index in [-0.39, 0.29) is 6.42 Å². The second-order valence-electron chi connectivity index (χ2n) is 5.49. The van der Waals surface area contributed by atoms with Gasteiger partial charge in [-0.25, -0.2) is 0 Å². The first-order valence-corrected chi connectivity index (χ1v) is 9.18. The smallest absolute Gasteiger partial charge is 0.453 e. The molecule has 0 aromatic heterocycles. The molecule has 0 aliphatic rings.